The Hall–Kier alpha value is -2.31. The quantitative estimate of drug-likeness (QED) is 0.889. The number of furan rings is 1. The minimum atomic E-state index is -0.155. The Morgan fingerprint density at radius 3 is 2.62 bits per heavy atom. The number of carbonyl (C=O) groups excluding carboxylic acids is 1. The van der Waals surface area contributed by atoms with Crippen LogP contribution in [-0.4, -0.2) is 48.2 Å². The van der Waals surface area contributed by atoms with Crippen LogP contribution in [0.15, 0.2) is 47.1 Å². The van der Waals surface area contributed by atoms with Crippen LogP contribution < -0.4 is 5.32 Å². The first-order chi connectivity index (χ1) is 12.5. The molecule has 1 aliphatic rings. The van der Waals surface area contributed by atoms with Gasteiger partial charge in [0.15, 0.2) is 0 Å². The molecule has 3 rings (SSSR count). The average molecular weight is 357 g/mol. The second-order valence-corrected chi connectivity index (χ2v) is 6.97. The maximum absolute atomic E-state index is 12.5. The lowest BCUT2D eigenvalue weighted by atomic mass is 10.1. The molecule has 0 radical (unpaired) electrons. The van der Waals surface area contributed by atoms with Gasteiger partial charge in [-0.25, -0.2) is 4.79 Å². The number of anilines is 1. The number of urea groups is 1. The average Bonchev–Trinajstić information content (AvgIpc) is 3.08. The molecule has 6 nitrogen and oxygen atoms in total. The molecule has 140 valence electrons. The van der Waals surface area contributed by atoms with Gasteiger partial charge in [-0.3, -0.25) is 4.90 Å². The topological polar surface area (TPSA) is 58.0 Å². The van der Waals surface area contributed by atoms with E-state index in [0.717, 1.165) is 36.6 Å². The Balaban J connectivity index is 1.64. The van der Waals surface area contributed by atoms with Crippen LogP contribution in [-0.2, 0) is 17.8 Å². The molecule has 0 saturated carbocycles. The van der Waals surface area contributed by atoms with E-state index in [9.17, 15) is 4.79 Å². The van der Waals surface area contributed by atoms with Crippen LogP contribution in [0.3, 0.4) is 0 Å². The molecule has 1 fully saturated rings. The highest BCUT2D eigenvalue weighted by molar-refractivity contribution is 5.89. The third-order valence-corrected chi connectivity index (χ3v) is 4.47. The summed E-state index contributed by atoms with van der Waals surface area (Å²) >= 11 is 0. The molecule has 1 N–H and O–H groups in total. The summed E-state index contributed by atoms with van der Waals surface area (Å²) < 4.78 is 11.1. The summed E-state index contributed by atoms with van der Waals surface area (Å²) in [7, 11) is 1.76. The minimum absolute atomic E-state index is 0.155. The van der Waals surface area contributed by atoms with Crippen molar-refractivity contribution >= 4 is 11.7 Å². The van der Waals surface area contributed by atoms with E-state index in [4.69, 9.17) is 9.15 Å². The van der Waals surface area contributed by atoms with Crippen LogP contribution in [0.2, 0.25) is 0 Å². The number of carbonyl (C=O) groups is 1. The van der Waals surface area contributed by atoms with Gasteiger partial charge in [-0.1, -0.05) is 18.2 Å². The molecule has 0 bridgehead atoms. The fourth-order valence-electron chi connectivity index (χ4n) is 3.35. The number of hydrogen-bond donors (Lipinski definition) is 1. The SMILES string of the molecule is C[C@H]1CN(Cc2ccccc2NC(=O)N(C)Cc2ccco2)C[C@H](C)O1. The van der Waals surface area contributed by atoms with Crippen molar-refractivity contribution in [2.24, 2.45) is 0 Å². The number of amides is 2. The zero-order chi connectivity index (χ0) is 18.5. The molecular formula is C20H27N3O3. The molecule has 1 aromatic heterocycles. The maximum Gasteiger partial charge on any atom is 0.322 e. The van der Waals surface area contributed by atoms with E-state index >= 15 is 0 Å². The smallest absolute Gasteiger partial charge is 0.322 e. The molecule has 2 aromatic rings. The number of para-hydroxylation sites is 1. The fraction of sp³-hybridized carbons (Fsp3) is 0.450. The fourth-order valence-corrected chi connectivity index (χ4v) is 3.35. The third-order valence-electron chi connectivity index (χ3n) is 4.47. The zero-order valence-electron chi connectivity index (χ0n) is 15.6. The monoisotopic (exact) mass is 357 g/mol. The summed E-state index contributed by atoms with van der Waals surface area (Å²) in [6.45, 7) is 7.20. The van der Waals surface area contributed by atoms with E-state index in [1.807, 2.05) is 30.3 Å². The number of rotatable bonds is 5. The number of hydrogen-bond acceptors (Lipinski definition) is 4. The summed E-state index contributed by atoms with van der Waals surface area (Å²) in [4.78, 5) is 16.5. The van der Waals surface area contributed by atoms with Crippen molar-refractivity contribution in [2.75, 3.05) is 25.5 Å². The lowest BCUT2D eigenvalue weighted by Crippen LogP contribution is -2.45. The summed E-state index contributed by atoms with van der Waals surface area (Å²) in [6, 6.07) is 11.5. The van der Waals surface area contributed by atoms with Crippen molar-refractivity contribution in [1.29, 1.82) is 0 Å². The Bertz CT molecular complexity index is 707. The van der Waals surface area contributed by atoms with Crippen molar-refractivity contribution in [2.45, 2.75) is 39.1 Å². The van der Waals surface area contributed by atoms with Crippen molar-refractivity contribution < 1.29 is 13.9 Å². The molecule has 0 unspecified atom stereocenters. The second kappa shape index (κ2) is 8.38. The highest BCUT2D eigenvalue weighted by Crippen LogP contribution is 2.21. The van der Waals surface area contributed by atoms with E-state index in [0.29, 0.717) is 6.54 Å². The van der Waals surface area contributed by atoms with Crippen LogP contribution in [0.25, 0.3) is 0 Å². The van der Waals surface area contributed by atoms with Gasteiger partial charge in [0.2, 0.25) is 0 Å². The molecule has 2 heterocycles. The lowest BCUT2D eigenvalue weighted by Gasteiger charge is -2.35. The molecule has 2 amide bonds. The van der Waals surface area contributed by atoms with Gasteiger partial charge in [0.1, 0.15) is 5.76 Å². The summed E-state index contributed by atoms with van der Waals surface area (Å²) in [5.74, 6) is 0.757. The second-order valence-electron chi connectivity index (χ2n) is 6.97. The Morgan fingerprint density at radius 1 is 1.19 bits per heavy atom. The van der Waals surface area contributed by atoms with Crippen LogP contribution in [0.1, 0.15) is 25.2 Å². The summed E-state index contributed by atoms with van der Waals surface area (Å²) in [5, 5.41) is 3.02. The van der Waals surface area contributed by atoms with Crippen LogP contribution in [0.4, 0.5) is 10.5 Å². The Morgan fingerprint density at radius 2 is 1.92 bits per heavy atom. The molecule has 1 aromatic carbocycles. The van der Waals surface area contributed by atoms with Crippen LogP contribution in [0, 0.1) is 0 Å². The van der Waals surface area contributed by atoms with E-state index < -0.39 is 0 Å². The van der Waals surface area contributed by atoms with Crippen LogP contribution in [0.5, 0.6) is 0 Å². The van der Waals surface area contributed by atoms with Crippen molar-refractivity contribution in [1.82, 2.24) is 9.80 Å². The van der Waals surface area contributed by atoms with Gasteiger partial charge in [0.05, 0.1) is 25.0 Å². The predicted molar refractivity (Wildman–Crippen MR) is 101 cm³/mol. The first-order valence-corrected chi connectivity index (χ1v) is 9.01. The normalized spacial score (nSPS) is 20.7. The van der Waals surface area contributed by atoms with Gasteiger partial charge in [-0.05, 0) is 37.6 Å². The molecule has 6 heteroatoms. The third kappa shape index (κ3) is 4.86. The van der Waals surface area contributed by atoms with E-state index in [2.05, 4.69) is 30.1 Å². The van der Waals surface area contributed by atoms with Crippen molar-refractivity contribution in [3.8, 4) is 0 Å². The number of nitrogens with one attached hydrogen (secondary N) is 1. The first kappa shape index (κ1) is 18.5. The number of nitrogens with zero attached hydrogens (tertiary/aromatic N) is 2. The van der Waals surface area contributed by atoms with E-state index in [1.165, 1.54) is 0 Å². The zero-order valence-corrected chi connectivity index (χ0v) is 15.6. The van der Waals surface area contributed by atoms with Gasteiger partial charge < -0.3 is 19.4 Å². The molecule has 1 saturated heterocycles. The van der Waals surface area contributed by atoms with Gasteiger partial charge >= 0.3 is 6.03 Å². The maximum atomic E-state index is 12.5. The van der Waals surface area contributed by atoms with Gasteiger partial charge in [0.25, 0.3) is 0 Å². The highest BCUT2D eigenvalue weighted by atomic mass is 16.5. The molecule has 0 aliphatic carbocycles. The standard InChI is InChI=1S/C20H27N3O3/c1-15-11-23(12-16(2)26-15)13-17-7-4-5-9-19(17)21-20(24)22(3)14-18-8-6-10-25-18/h4-10,15-16H,11-14H2,1-3H3,(H,21,24)/t15-,16-/m0/s1. The number of benzene rings is 1. The summed E-state index contributed by atoms with van der Waals surface area (Å²) in [5.41, 5.74) is 1.95. The predicted octanol–water partition coefficient (Wildman–Crippen LogP) is 3.55. The Kier molecular flexibility index (Phi) is 5.96. The molecule has 1 aliphatic heterocycles. The summed E-state index contributed by atoms with van der Waals surface area (Å²) in [6.07, 6.45) is 2.06. The minimum Gasteiger partial charge on any atom is -0.467 e. The Labute approximate surface area is 154 Å². The number of morpholine rings is 1. The van der Waals surface area contributed by atoms with E-state index in [-0.39, 0.29) is 18.2 Å². The molecular weight excluding hydrogens is 330 g/mol. The number of ether oxygens (including phenoxy) is 1. The molecule has 0 spiro atoms. The van der Waals surface area contributed by atoms with Gasteiger partial charge in [-0.15, -0.1) is 0 Å². The first-order valence-electron chi connectivity index (χ1n) is 9.01. The van der Waals surface area contributed by atoms with Crippen LogP contribution >= 0.6 is 0 Å². The lowest BCUT2D eigenvalue weighted by molar-refractivity contribution is -0.0704. The van der Waals surface area contributed by atoms with Crippen molar-refractivity contribution in [3.63, 3.8) is 0 Å². The van der Waals surface area contributed by atoms with Crippen molar-refractivity contribution in [3.05, 3.63) is 54.0 Å². The van der Waals surface area contributed by atoms with E-state index in [1.54, 1.807) is 18.2 Å². The molecule has 2 atom stereocenters. The van der Waals surface area contributed by atoms with Gasteiger partial charge in [-0.2, -0.15) is 0 Å². The molecule has 26 heavy (non-hydrogen) atoms. The van der Waals surface area contributed by atoms with Gasteiger partial charge in [0, 0.05) is 32.4 Å². The largest absolute Gasteiger partial charge is 0.467 e. The highest BCUT2D eigenvalue weighted by Gasteiger charge is 2.23.